The van der Waals surface area contributed by atoms with E-state index in [9.17, 15) is 4.79 Å². The van der Waals surface area contributed by atoms with E-state index in [2.05, 4.69) is 51.5 Å². The van der Waals surface area contributed by atoms with E-state index in [1.54, 1.807) is 6.92 Å². The van der Waals surface area contributed by atoms with Gasteiger partial charge in [-0.05, 0) is 37.8 Å². The van der Waals surface area contributed by atoms with Crippen LogP contribution in [-0.4, -0.2) is 22.5 Å². The molecular weight excluding hydrogens is 296 g/mol. The van der Waals surface area contributed by atoms with Crippen LogP contribution in [0.25, 0.3) is 15.4 Å². The number of rotatable bonds is 2. The highest BCUT2D eigenvalue weighted by atomic mass is 32.1. The van der Waals surface area contributed by atoms with E-state index >= 15 is 0 Å². The van der Waals surface area contributed by atoms with Crippen molar-refractivity contribution in [2.45, 2.75) is 26.7 Å². The van der Waals surface area contributed by atoms with Crippen molar-refractivity contribution < 1.29 is 9.53 Å². The van der Waals surface area contributed by atoms with Crippen molar-refractivity contribution in [3.63, 3.8) is 0 Å². The van der Waals surface area contributed by atoms with E-state index in [4.69, 9.17) is 0 Å². The lowest BCUT2D eigenvalue weighted by atomic mass is 9.94. The minimum Gasteiger partial charge on any atom is -0.468 e. The van der Waals surface area contributed by atoms with E-state index in [0.717, 1.165) is 23.5 Å². The molecule has 1 aromatic carbocycles. The van der Waals surface area contributed by atoms with Crippen LogP contribution >= 0.6 is 11.3 Å². The second kappa shape index (κ2) is 6.32. The maximum Gasteiger partial charge on any atom is 0.293 e. The van der Waals surface area contributed by atoms with Crippen molar-refractivity contribution >= 4 is 22.8 Å². The Kier molecular flexibility index (Phi) is 4.24. The molecule has 4 nitrogen and oxygen atoms in total. The summed E-state index contributed by atoms with van der Waals surface area (Å²) >= 11 is 1.82. The van der Waals surface area contributed by atoms with E-state index in [1.165, 1.54) is 21.7 Å². The van der Waals surface area contributed by atoms with E-state index < -0.39 is 0 Å². The third kappa shape index (κ3) is 2.64. The predicted octanol–water partition coefficient (Wildman–Crippen LogP) is 3.65. The Morgan fingerprint density at radius 1 is 1.36 bits per heavy atom. The summed E-state index contributed by atoms with van der Waals surface area (Å²) in [5, 5.41) is 0. The fourth-order valence-corrected chi connectivity index (χ4v) is 3.99. The summed E-state index contributed by atoms with van der Waals surface area (Å²) in [5.74, 6) is 0. The Bertz CT molecular complexity index is 804. The summed E-state index contributed by atoms with van der Waals surface area (Å²) < 4.78 is 6.42. The Balaban J connectivity index is 0.000000254. The highest BCUT2D eigenvalue weighted by Gasteiger charge is 2.21. The smallest absolute Gasteiger partial charge is 0.293 e. The molecule has 0 unspecified atom stereocenters. The molecule has 0 atom stereocenters. The van der Waals surface area contributed by atoms with Crippen LogP contribution in [0.3, 0.4) is 0 Å². The summed E-state index contributed by atoms with van der Waals surface area (Å²) in [6, 6.07) is 8.73. The lowest BCUT2D eigenvalue weighted by Gasteiger charge is -2.15. The Morgan fingerprint density at radius 2 is 2.18 bits per heavy atom. The Morgan fingerprint density at radius 3 is 2.91 bits per heavy atom. The van der Waals surface area contributed by atoms with Gasteiger partial charge in [0.1, 0.15) is 0 Å². The maximum absolute atomic E-state index is 9.18. The third-order valence-electron chi connectivity index (χ3n) is 3.67. The monoisotopic (exact) mass is 314 g/mol. The molecule has 0 N–H and O–H groups in total. The second-order valence-corrected chi connectivity index (χ2v) is 6.10. The molecule has 0 saturated carbocycles. The van der Waals surface area contributed by atoms with Crippen molar-refractivity contribution in [2.24, 2.45) is 0 Å². The number of imidazole rings is 1. The number of ether oxygens (including phenoxy) is 1. The number of hydrogen-bond acceptors (Lipinski definition) is 4. The van der Waals surface area contributed by atoms with E-state index in [0.29, 0.717) is 13.1 Å². The lowest BCUT2D eigenvalue weighted by Crippen LogP contribution is -2.03. The number of carbonyl (C=O) groups is 1. The molecule has 2 aromatic heterocycles. The lowest BCUT2D eigenvalue weighted by molar-refractivity contribution is -0.128. The average Bonchev–Trinajstić information content (AvgIpc) is 3.05. The predicted molar refractivity (Wildman–Crippen MR) is 88.3 cm³/mol. The zero-order valence-corrected chi connectivity index (χ0v) is 13.5. The second-order valence-electron chi connectivity index (χ2n) is 5.12. The number of thiazole rings is 1. The highest BCUT2D eigenvalue weighted by Crippen LogP contribution is 2.39. The summed E-state index contributed by atoms with van der Waals surface area (Å²) in [4.78, 5) is 16.3. The van der Waals surface area contributed by atoms with Gasteiger partial charge in [0.2, 0.25) is 0 Å². The maximum atomic E-state index is 9.18. The number of benzene rings is 1. The molecule has 0 spiro atoms. The number of hydrogen-bond donors (Lipinski definition) is 0. The quantitative estimate of drug-likeness (QED) is 0.678. The van der Waals surface area contributed by atoms with Crippen molar-refractivity contribution in [2.75, 3.05) is 6.61 Å². The molecule has 0 bridgehead atoms. The fourth-order valence-electron chi connectivity index (χ4n) is 2.73. The van der Waals surface area contributed by atoms with Gasteiger partial charge in [0.15, 0.2) is 4.96 Å². The van der Waals surface area contributed by atoms with Crippen molar-refractivity contribution in [1.29, 1.82) is 0 Å². The zero-order valence-electron chi connectivity index (χ0n) is 12.7. The molecular formula is C17H18N2O2S. The van der Waals surface area contributed by atoms with E-state index in [-0.39, 0.29) is 0 Å². The SMILES string of the molecule is CCOC=O.Cc1cn2c3c(sc2n1)-c1ccccc1CC3. The molecule has 0 aliphatic heterocycles. The normalized spacial score (nSPS) is 12.1. The van der Waals surface area contributed by atoms with Crippen LogP contribution in [0.1, 0.15) is 23.9 Å². The minimum absolute atomic E-state index is 0.431. The van der Waals surface area contributed by atoms with Crippen molar-refractivity contribution in [1.82, 2.24) is 9.38 Å². The molecule has 3 aromatic rings. The molecule has 1 aliphatic carbocycles. The minimum atomic E-state index is 0.431. The van der Waals surface area contributed by atoms with Crippen LogP contribution in [0.4, 0.5) is 0 Å². The molecule has 5 heteroatoms. The first-order chi connectivity index (χ1) is 10.7. The molecule has 0 amide bonds. The average molecular weight is 314 g/mol. The van der Waals surface area contributed by atoms with Gasteiger partial charge in [-0.2, -0.15) is 0 Å². The van der Waals surface area contributed by atoms with Crippen molar-refractivity contribution in [3.05, 3.63) is 47.4 Å². The van der Waals surface area contributed by atoms with Gasteiger partial charge < -0.3 is 4.74 Å². The first kappa shape index (κ1) is 14.8. The van der Waals surface area contributed by atoms with Gasteiger partial charge in [0.05, 0.1) is 17.2 Å². The van der Waals surface area contributed by atoms with Gasteiger partial charge in [-0.15, -0.1) is 0 Å². The molecule has 2 heterocycles. The number of nitrogens with zero attached hydrogens (tertiary/aromatic N) is 2. The Labute approximate surface area is 133 Å². The van der Waals surface area contributed by atoms with Crippen LogP contribution in [0, 0.1) is 6.92 Å². The van der Waals surface area contributed by atoms with Crippen LogP contribution in [0.2, 0.25) is 0 Å². The van der Waals surface area contributed by atoms with Gasteiger partial charge in [0, 0.05) is 11.9 Å². The van der Waals surface area contributed by atoms with Crippen LogP contribution in [0.15, 0.2) is 30.5 Å². The molecule has 0 radical (unpaired) electrons. The molecule has 22 heavy (non-hydrogen) atoms. The van der Waals surface area contributed by atoms with Gasteiger partial charge in [-0.3, -0.25) is 9.20 Å². The molecule has 1 aliphatic rings. The molecule has 4 rings (SSSR count). The largest absolute Gasteiger partial charge is 0.468 e. The highest BCUT2D eigenvalue weighted by molar-refractivity contribution is 7.20. The van der Waals surface area contributed by atoms with Crippen LogP contribution in [0.5, 0.6) is 0 Å². The number of fused-ring (bicyclic) bond motifs is 5. The third-order valence-corrected chi connectivity index (χ3v) is 4.80. The molecule has 114 valence electrons. The van der Waals surface area contributed by atoms with Gasteiger partial charge in [-0.25, -0.2) is 4.98 Å². The van der Waals surface area contributed by atoms with Gasteiger partial charge in [0.25, 0.3) is 6.47 Å². The van der Waals surface area contributed by atoms with Crippen molar-refractivity contribution in [3.8, 4) is 10.4 Å². The topological polar surface area (TPSA) is 43.6 Å². The number of aryl methyl sites for hydroxylation is 3. The van der Waals surface area contributed by atoms with E-state index in [1.807, 2.05) is 11.3 Å². The molecule has 0 fully saturated rings. The first-order valence-electron chi connectivity index (χ1n) is 7.35. The number of carbonyl (C=O) groups excluding carboxylic acids is 1. The Hall–Kier alpha value is -2.14. The summed E-state index contributed by atoms with van der Waals surface area (Å²) in [6.45, 7) is 4.72. The zero-order chi connectivity index (χ0) is 15.5. The number of aromatic nitrogens is 2. The summed E-state index contributed by atoms with van der Waals surface area (Å²) in [6.07, 6.45) is 4.42. The standard InChI is InChI=1S/C14H12N2S.C3H6O2/c1-9-8-16-12-7-6-10-4-2-3-5-11(10)13(12)17-14(16)15-9;1-2-5-3-4/h2-5,8H,6-7H2,1H3;3H,2H2,1H3. The first-order valence-corrected chi connectivity index (χ1v) is 8.17. The fraction of sp³-hybridized carbons (Fsp3) is 0.294. The summed E-state index contributed by atoms with van der Waals surface area (Å²) in [5.41, 5.74) is 5.42. The van der Waals surface area contributed by atoms with Crippen LogP contribution < -0.4 is 0 Å². The van der Waals surface area contributed by atoms with Gasteiger partial charge >= 0.3 is 0 Å². The van der Waals surface area contributed by atoms with Crippen LogP contribution in [-0.2, 0) is 22.4 Å². The summed E-state index contributed by atoms with van der Waals surface area (Å²) in [7, 11) is 0. The molecule has 0 saturated heterocycles. The van der Waals surface area contributed by atoms with Gasteiger partial charge in [-0.1, -0.05) is 35.6 Å².